The molecular formula is C15H18BrN5OS. The number of nitrogens with one attached hydrogen (secondary N) is 2. The van der Waals surface area contributed by atoms with Crippen molar-refractivity contribution in [2.45, 2.75) is 26.2 Å². The van der Waals surface area contributed by atoms with Crippen LogP contribution in [-0.2, 0) is 0 Å². The summed E-state index contributed by atoms with van der Waals surface area (Å²) in [6, 6.07) is 5.34. The molecule has 0 saturated carbocycles. The number of halogens is 1. The molecule has 0 bridgehead atoms. The highest BCUT2D eigenvalue weighted by atomic mass is 79.9. The maximum absolute atomic E-state index is 12.1. The Labute approximate surface area is 147 Å². The van der Waals surface area contributed by atoms with E-state index in [4.69, 9.17) is 0 Å². The van der Waals surface area contributed by atoms with Gasteiger partial charge in [0.2, 0.25) is 10.3 Å². The maximum Gasteiger partial charge on any atom is 0.325 e. The SMILES string of the molecule is Cc1cc(NC(=O)Nc2nnc(N3CCCCC3)s2)ccc1Br. The number of nitrogens with zero attached hydrogens (tertiary/aromatic N) is 3. The molecule has 3 rings (SSSR count). The molecule has 1 fully saturated rings. The molecule has 0 radical (unpaired) electrons. The maximum atomic E-state index is 12.1. The van der Waals surface area contributed by atoms with Crippen molar-refractivity contribution in [3.63, 3.8) is 0 Å². The molecule has 2 N–H and O–H groups in total. The first kappa shape index (κ1) is 16.2. The molecule has 1 aliphatic heterocycles. The van der Waals surface area contributed by atoms with E-state index in [1.165, 1.54) is 30.6 Å². The molecule has 0 unspecified atom stereocenters. The first-order chi connectivity index (χ1) is 11.1. The van der Waals surface area contributed by atoms with Crippen LogP contribution in [0.3, 0.4) is 0 Å². The fourth-order valence-electron chi connectivity index (χ4n) is 2.46. The number of anilines is 3. The fourth-order valence-corrected chi connectivity index (χ4v) is 3.50. The van der Waals surface area contributed by atoms with Crippen LogP contribution in [0.4, 0.5) is 20.7 Å². The lowest BCUT2D eigenvalue weighted by molar-refractivity contribution is 0.262. The van der Waals surface area contributed by atoms with Gasteiger partial charge in [0, 0.05) is 23.2 Å². The van der Waals surface area contributed by atoms with Gasteiger partial charge >= 0.3 is 6.03 Å². The van der Waals surface area contributed by atoms with Crippen molar-refractivity contribution in [2.24, 2.45) is 0 Å². The minimum atomic E-state index is -0.312. The number of rotatable bonds is 3. The smallest absolute Gasteiger partial charge is 0.325 e. The van der Waals surface area contributed by atoms with Gasteiger partial charge in [0.25, 0.3) is 0 Å². The second-order valence-corrected chi connectivity index (χ2v) is 7.29. The minimum absolute atomic E-state index is 0.312. The van der Waals surface area contributed by atoms with Crippen LogP contribution in [0.5, 0.6) is 0 Å². The number of carbonyl (C=O) groups is 1. The highest BCUT2D eigenvalue weighted by Gasteiger charge is 2.16. The Kier molecular flexibility index (Phi) is 5.12. The standard InChI is InChI=1S/C15H18BrN5OS/c1-10-9-11(5-6-12(10)16)17-13(22)18-14-19-20-15(23-14)21-7-3-2-4-8-21/h5-6,9H,2-4,7-8H2,1H3,(H2,17,18,19,22). The van der Waals surface area contributed by atoms with Gasteiger partial charge in [-0.05, 0) is 49.9 Å². The van der Waals surface area contributed by atoms with Gasteiger partial charge in [-0.1, -0.05) is 27.3 Å². The van der Waals surface area contributed by atoms with E-state index >= 15 is 0 Å². The van der Waals surface area contributed by atoms with Gasteiger partial charge in [-0.15, -0.1) is 10.2 Å². The van der Waals surface area contributed by atoms with Gasteiger partial charge in [0.05, 0.1) is 0 Å². The Morgan fingerprint density at radius 3 is 2.74 bits per heavy atom. The third-order valence-corrected chi connectivity index (χ3v) is 5.47. The van der Waals surface area contributed by atoms with Gasteiger partial charge in [-0.3, -0.25) is 5.32 Å². The quantitative estimate of drug-likeness (QED) is 0.814. The summed E-state index contributed by atoms with van der Waals surface area (Å²) in [6.07, 6.45) is 3.65. The van der Waals surface area contributed by atoms with Crippen LogP contribution >= 0.6 is 27.3 Å². The number of aryl methyl sites for hydroxylation is 1. The average Bonchev–Trinajstić information content (AvgIpc) is 3.00. The van der Waals surface area contributed by atoms with E-state index in [1.54, 1.807) is 0 Å². The van der Waals surface area contributed by atoms with E-state index in [9.17, 15) is 4.79 Å². The molecular weight excluding hydrogens is 378 g/mol. The predicted octanol–water partition coefficient (Wildman–Crippen LogP) is 4.24. The largest absolute Gasteiger partial charge is 0.347 e. The number of benzene rings is 1. The fraction of sp³-hybridized carbons (Fsp3) is 0.400. The van der Waals surface area contributed by atoms with Gasteiger partial charge in [-0.25, -0.2) is 4.79 Å². The Morgan fingerprint density at radius 2 is 2.00 bits per heavy atom. The molecule has 1 aliphatic rings. The van der Waals surface area contributed by atoms with Gasteiger partial charge in [-0.2, -0.15) is 0 Å². The van der Waals surface area contributed by atoms with Crippen LogP contribution in [0.2, 0.25) is 0 Å². The zero-order valence-electron chi connectivity index (χ0n) is 12.8. The summed E-state index contributed by atoms with van der Waals surface area (Å²) in [4.78, 5) is 14.3. The van der Waals surface area contributed by atoms with E-state index in [1.807, 2.05) is 25.1 Å². The minimum Gasteiger partial charge on any atom is -0.347 e. The molecule has 8 heteroatoms. The molecule has 23 heavy (non-hydrogen) atoms. The molecule has 0 atom stereocenters. The Bertz CT molecular complexity index is 699. The lowest BCUT2D eigenvalue weighted by atomic mass is 10.1. The monoisotopic (exact) mass is 395 g/mol. The van der Waals surface area contributed by atoms with Crippen molar-refractivity contribution in [2.75, 3.05) is 28.6 Å². The summed E-state index contributed by atoms with van der Waals surface area (Å²) >= 11 is 4.85. The molecule has 2 aromatic rings. The van der Waals surface area contributed by atoms with Crippen LogP contribution in [0, 0.1) is 6.92 Å². The summed E-state index contributed by atoms with van der Waals surface area (Å²) in [6.45, 7) is 4.00. The number of piperidine rings is 1. The lowest BCUT2D eigenvalue weighted by Gasteiger charge is -2.25. The van der Waals surface area contributed by atoms with Crippen molar-refractivity contribution in [3.05, 3.63) is 28.2 Å². The first-order valence-electron chi connectivity index (χ1n) is 7.54. The molecule has 0 aliphatic carbocycles. The molecule has 6 nitrogen and oxygen atoms in total. The molecule has 122 valence electrons. The normalized spacial score (nSPS) is 14.6. The number of amides is 2. The summed E-state index contributed by atoms with van der Waals surface area (Å²) in [5.41, 5.74) is 1.80. The van der Waals surface area contributed by atoms with Crippen LogP contribution < -0.4 is 15.5 Å². The zero-order valence-corrected chi connectivity index (χ0v) is 15.2. The number of aromatic nitrogens is 2. The summed E-state index contributed by atoms with van der Waals surface area (Å²) in [5, 5.41) is 15.2. The number of carbonyl (C=O) groups excluding carboxylic acids is 1. The van der Waals surface area contributed by atoms with Crippen molar-refractivity contribution >= 4 is 49.2 Å². The van der Waals surface area contributed by atoms with Crippen LogP contribution in [0.25, 0.3) is 0 Å². The third kappa shape index (κ3) is 4.20. The molecule has 2 amide bonds. The zero-order chi connectivity index (χ0) is 16.2. The van der Waals surface area contributed by atoms with Gasteiger partial charge in [0.1, 0.15) is 0 Å². The Balaban J connectivity index is 1.59. The van der Waals surface area contributed by atoms with E-state index in [2.05, 4.69) is 41.7 Å². The summed E-state index contributed by atoms with van der Waals surface area (Å²) in [5.74, 6) is 0. The molecule has 0 spiro atoms. The topological polar surface area (TPSA) is 70.1 Å². The predicted molar refractivity (Wildman–Crippen MR) is 97.5 cm³/mol. The lowest BCUT2D eigenvalue weighted by Crippen LogP contribution is -2.29. The molecule has 1 saturated heterocycles. The number of urea groups is 1. The van der Waals surface area contributed by atoms with Crippen LogP contribution in [0.1, 0.15) is 24.8 Å². The van der Waals surface area contributed by atoms with Crippen molar-refractivity contribution in [1.82, 2.24) is 10.2 Å². The van der Waals surface area contributed by atoms with Crippen LogP contribution in [-0.4, -0.2) is 29.3 Å². The van der Waals surface area contributed by atoms with Gasteiger partial charge < -0.3 is 10.2 Å². The highest BCUT2D eigenvalue weighted by molar-refractivity contribution is 9.10. The summed E-state index contributed by atoms with van der Waals surface area (Å²) < 4.78 is 1.01. The Hall–Kier alpha value is -1.67. The molecule has 1 aromatic heterocycles. The molecule has 2 heterocycles. The van der Waals surface area contributed by atoms with Gasteiger partial charge in [0.15, 0.2) is 0 Å². The van der Waals surface area contributed by atoms with E-state index in [0.29, 0.717) is 5.13 Å². The number of hydrogen-bond acceptors (Lipinski definition) is 5. The first-order valence-corrected chi connectivity index (χ1v) is 9.15. The second kappa shape index (κ2) is 7.27. The van der Waals surface area contributed by atoms with E-state index in [0.717, 1.165) is 33.9 Å². The average molecular weight is 396 g/mol. The second-order valence-electron chi connectivity index (χ2n) is 5.48. The highest BCUT2D eigenvalue weighted by Crippen LogP contribution is 2.26. The Morgan fingerprint density at radius 1 is 1.22 bits per heavy atom. The summed E-state index contributed by atoms with van der Waals surface area (Å²) in [7, 11) is 0. The van der Waals surface area contributed by atoms with E-state index < -0.39 is 0 Å². The third-order valence-electron chi connectivity index (χ3n) is 3.68. The molecule has 1 aromatic carbocycles. The van der Waals surface area contributed by atoms with Crippen molar-refractivity contribution in [1.29, 1.82) is 0 Å². The van der Waals surface area contributed by atoms with E-state index in [-0.39, 0.29) is 6.03 Å². The van der Waals surface area contributed by atoms with Crippen LogP contribution in [0.15, 0.2) is 22.7 Å². The number of hydrogen-bond donors (Lipinski definition) is 2. The van der Waals surface area contributed by atoms with Crippen molar-refractivity contribution in [3.8, 4) is 0 Å². The van der Waals surface area contributed by atoms with Crippen molar-refractivity contribution < 1.29 is 4.79 Å².